The molecule has 0 saturated carbocycles. The van der Waals surface area contributed by atoms with Crippen LogP contribution in [0.15, 0.2) is 47.1 Å². The highest BCUT2D eigenvalue weighted by Gasteiger charge is 2.24. The molecule has 6 heteroatoms. The van der Waals surface area contributed by atoms with Gasteiger partial charge in [0.2, 0.25) is 0 Å². The quantitative estimate of drug-likeness (QED) is 0.440. The van der Waals surface area contributed by atoms with Gasteiger partial charge in [-0.3, -0.25) is 4.79 Å². The molecule has 0 bridgehead atoms. The third-order valence-corrected chi connectivity index (χ3v) is 3.59. The van der Waals surface area contributed by atoms with Crippen LogP contribution >= 0.6 is 0 Å². The topological polar surface area (TPSA) is 85.2 Å². The summed E-state index contributed by atoms with van der Waals surface area (Å²) in [5.74, 6) is 1.69. The number of hydrogen-bond donors (Lipinski definition) is 1. The summed E-state index contributed by atoms with van der Waals surface area (Å²) in [6.07, 6.45) is 6.49. The summed E-state index contributed by atoms with van der Waals surface area (Å²) in [6.45, 7) is 1.53. The first kappa shape index (κ1) is 16.3. The fraction of sp³-hybridized carbons (Fsp3) is 0.105. The van der Waals surface area contributed by atoms with E-state index in [4.69, 9.17) is 15.7 Å². The summed E-state index contributed by atoms with van der Waals surface area (Å²) in [5, 5.41) is 4.00. The lowest BCUT2D eigenvalue weighted by Crippen LogP contribution is -2.06. The van der Waals surface area contributed by atoms with Crippen molar-refractivity contribution in [2.75, 3.05) is 6.61 Å². The smallest absolute Gasteiger partial charge is 0.355 e. The number of aryl methyl sites for hydroxylation is 1. The maximum Gasteiger partial charge on any atom is 0.355 e. The second-order valence-corrected chi connectivity index (χ2v) is 5.24. The van der Waals surface area contributed by atoms with Gasteiger partial charge in [0.15, 0.2) is 12.4 Å². The van der Waals surface area contributed by atoms with Gasteiger partial charge in [0.05, 0.1) is 5.56 Å². The van der Waals surface area contributed by atoms with Crippen molar-refractivity contribution < 1.29 is 18.8 Å². The molecule has 0 aliphatic heterocycles. The number of rotatable bonds is 5. The predicted molar refractivity (Wildman–Crippen MR) is 90.0 cm³/mol. The van der Waals surface area contributed by atoms with Gasteiger partial charge in [0.1, 0.15) is 17.1 Å². The van der Waals surface area contributed by atoms with E-state index in [9.17, 15) is 9.59 Å². The van der Waals surface area contributed by atoms with E-state index in [2.05, 4.69) is 16.1 Å². The first-order chi connectivity index (χ1) is 12.1. The number of carbonyl (C=O) groups is 2. The first-order valence-electron chi connectivity index (χ1n) is 7.47. The molecule has 0 amide bonds. The number of ether oxygens (including phenoxy) is 1. The Kier molecular flexibility index (Phi) is 4.48. The molecule has 2 heterocycles. The van der Waals surface area contributed by atoms with Crippen LogP contribution in [0.1, 0.15) is 32.2 Å². The van der Waals surface area contributed by atoms with Gasteiger partial charge in [0.25, 0.3) is 0 Å². The van der Waals surface area contributed by atoms with Crippen molar-refractivity contribution in [2.45, 2.75) is 6.92 Å². The maximum atomic E-state index is 12.9. The second-order valence-electron chi connectivity index (χ2n) is 5.24. The SMILES string of the molecule is C#CCOC(=O)c1cc(C(=O)c2c(-c3ccccc3)noc2C)c[nH]1. The molecule has 25 heavy (non-hydrogen) atoms. The molecule has 0 spiro atoms. The number of terminal acetylenes is 1. The Morgan fingerprint density at radius 3 is 2.80 bits per heavy atom. The molecule has 124 valence electrons. The zero-order valence-electron chi connectivity index (χ0n) is 13.4. The minimum atomic E-state index is -0.623. The average molecular weight is 334 g/mol. The Hall–Kier alpha value is -3.59. The van der Waals surface area contributed by atoms with Crippen LogP contribution in [-0.2, 0) is 4.74 Å². The fourth-order valence-electron chi connectivity index (χ4n) is 2.41. The van der Waals surface area contributed by atoms with Crippen molar-refractivity contribution in [2.24, 2.45) is 0 Å². The zero-order valence-corrected chi connectivity index (χ0v) is 13.4. The van der Waals surface area contributed by atoms with Gasteiger partial charge in [-0.25, -0.2) is 4.79 Å². The van der Waals surface area contributed by atoms with E-state index < -0.39 is 5.97 Å². The molecule has 0 atom stereocenters. The number of benzene rings is 1. The van der Waals surface area contributed by atoms with Gasteiger partial charge in [-0.05, 0) is 13.0 Å². The Morgan fingerprint density at radius 1 is 1.32 bits per heavy atom. The third-order valence-electron chi connectivity index (χ3n) is 3.59. The Bertz CT molecular complexity index is 961. The Labute approximate surface area is 143 Å². The monoisotopic (exact) mass is 334 g/mol. The molecule has 0 saturated heterocycles. The van der Waals surface area contributed by atoms with E-state index in [0.717, 1.165) is 5.56 Å². The van der Waals surface area contributed by atoms with Crippen LogP contribution in [0.2, 0.25) is 0 Å². The van der Waals surface area contributed by atoms with Crippen molar-refractivity contribution >= 4 is 11.8 Å². The summed E-state index contributed by atoms with van der Waals surface area (Å²) in [4.78, 5) is 27.4. The second kappa shape index (κ2) is 6.89. The van der Waals surface area contributed by atoms with Crippen molar-refractivity contribution in [3.05, 3.63) is 65.2 Å². The summed E-state index contributed by atoms with van der Waals surface area (Å²) in [6, 6.07) is 10.7. The predicted octanol–water partition coefficient (Wildman–Crippen LogP) is 3.00. The van der Waals surface area contributed by atoms with E-state index in [0.29, 0.717) is 22.6 Å². The number of nitrogens with one attached hydrogen (secondary N) is 1. The summed E-state index contributed by atoms with van der Waals surface area (Å²) < 4.78 is 10.0. The van der Waals surface area contributed by atoms with Crippen LogP contribution in [0.3, 0.4) is 0 Å². The van der Waals surface area contributed by atoms with Crippen molar-refractivity contribution in [1.29, 1.82) is 0 Å². The molecule has 1 aromatic carbocycles. The normalized spacial score (nSPS) is 10.2. The highest BCUT2D eigenvalue weighted by Crippen LogP contribution is 2.27. The molecule has 1 N–H and O–H groups in total. The highest BCUT2D eigenvalue weighted by atomic mass is 16.5. The fourth-order valence-corrected chi connectivity index (χ4v) is 2.41. The Balaban J connectivity index is 1.93. The lowest BCUT2D eigenvalue weighted by atomic mass is 10.00. The van der Waals surface area contributed by atoms with Crippen LogP contribution in [0, 0.1) is 19.3 Å². The largest absolute Gasteiger partial charge is 0.448 e. The molecule has 0 aliphatic carbocycles. The number of esters is 1. The number of nitrogens with zero attached hydrogens (tertiary/aromatic N) is 1. The molecular formula is C19H14N2O4. The number of carbonyl (C=O) groups excluding carboxylic acids is 2. The molecule has 0 fully saturated rings. The molecule has 0 radical (unpaired) electrons. The van der Waals surface area contributed by atoms with Gasteiger partial charge in [-0.15, -0.1) is 6.42 Å². The molecule has 6 nitrogen and oxygen atoms in total. The first-order valence-corrected chi connectivity index (χ1v) is 7.47. The van der Waals surface area contributed by atoms with Crippen LogP contribution in [0.5, 0.6) is 0 Å². The van der Waals surface area contributed by atoms with Crippen molar-refractivity contribution in [1.82, 2.24) is 10.1 Å². The minimum absolute atomic E-state index is 0.135. The molecule has 2 aromatic heterocycles. The van der Waals surface area contributed by atoms with E-state index in [-0.39, 0.29) is 18.1 Å². The summed E-state index contributed by atoms with van der Waals surface area (Å²) in [7, 11) is 0. The number of ketones is 1. The van der Waals surface area contributed by atoms with E-state index in [1.807, 2.05) is 30.3 Å². The number of hydrogen-bond acceptors (Lipinski definition) is 5. The average Bonchev–Trinajstić information content (AvgIpc) is 3.27. The van der Waals surface area contributed by atoms with Crippen LogP contribution in [0.25, 0.3) is 11.3 Å². The van der Waals surface area contributed by atoms with E-state index in [1.54, 1.807) is 6.92 Å². The molecule has 0 aliphatic rings. The lowest BCUT2D eigenvalue weighted by molar-refractivity contribution is 0.0550. The molecule has 3 aromatic rings. The maximum absolute atomic E-state index is 12.9. The number of aromatic nitrogens is 2. The number of aromatic amines is 1. The van der Waals surface area contributed by atoms with E-state index in [1.165, 1.54) is 12.3 Å². The lowest BCUT2D eigenvalue weighted by Gasteiger charge is -2.00. The van der Waals surface area contributed by atoms with Crippen molar-refractivity contribution in [3.8, 4) is 23.6 Å². The van der Waals surface area contributed by atoms with Crippen LogP contribution < -0.4 is 0 Å². The van der Waals surface area contributed by atoms with Gasteiger partial charge in [-0.1, -0.05) is 41.4 Å². The van der Waals surface area contributed by atoms with Gasteiger partial charge < -0.3 is 14.2 Å². The van der Waals surface area contributed by atoms with Gasteiger partial charge in [0, 0.05) is 17.3 Å². The van der Waals surface area contributed by atoms with Crippen LogP contribution in [0.4, 0.5) is 0 Å². The van der Waals surface area contributed by atoms with Crippen molar-refractivity contribution in [3.63, 3.8) is 0 Å². The standard InChI is InChI=1S/C19H14N2O4/c1-3-9-24-19(23)15-10-14(11-20-15)18(22)16-12(2)25-21-17(16)13-7-5-4-6-8-13/h1,4-8,10-11,20H,9H2,2H3. The third kappa shape index (κ3) is 3.21. The van der Waals surface area contributed by atoms with Gasteiger partial charge in [-0.2, -0.15) is 0 Å². The number of H-pyrrole nitrogens is 1. The van der Waals surface area contributed by atoms with E-state index >= 15 is 0 Å². The minimum Gasteiger partial charge on any atom is -0.448 e. The molecule has 0 unspecified atom stereocenters. The molecular weight excluding hydrogens is 320 g/mol. The zero-order chi connectivity index (χ0) is 17.8. The Morgan fingerprint density at radius 2 is 2.08 bits per heavy atom. The summed E-state index contributed by atoms with van der Waals surface area (Å²) in [5.41, 5.74) is 2.03. The van der Waals surface area contributed by atoms with Crippen LogP contribution in [-0.4, -0.2) is 28.5 Å². The molecule has 3 rings (SSSR count). The summed E-state index contributed by atoms with van der Waals surface area (Å²) >= 11 is 0. The highest BCUT2D eigenvalue weighted by molar-refractivity contribution is 6.13. The van der Waals surface area contributed by atoms with Gasteiger partial charge >= 0.3 is 5.97 Å².